The highest BCUT2D eigenvalue weighted by Crippen LogP contribution is 2.48. The van der Waals surface area contributed by atoms with E-state index in [1.807, 2.05) is 12.1 Å². The monoisotopic (exact) mass is 327 g/mol. The van der Waals surface area contributed by atoms with Crippen LogP contribution < -0.4 is 5.32 Å². The van der Waals surface area contributed by atoms with Crippen molar-refractivity contribution in [3.63, 3.8) is 0 Å². The lowest BCUT2D eigenvalue weighted by Gasteiger charge is -2.21. The number of hydrogen-bond acceptors (Lipinski definition) is 3. The van der Waals surface area contributed by atoms with E-state index in [9.17, 15) is 13.2 Å². The van der Waals surface area contributed by atoms with Gasteiger partial charge in [-0.15, -0.1) is 0 Å². The molecule has 1 aromatic rings. The fourth-order valence-corrected chi connectivity index (χ4v) is 4.78. The minimum absolute atomic E-state index is 0.0567. The molecule has 114 valence electrons. The number of nitrogens with one attached hydrogen (secondary N) is 1. The van der Waals surface area contributed by atoms with Crippen molar-refractivity contribution in [2.24, 2.45) is 0 Å². The molecule has 21 heavy (non-hydrogen) atoms. The van der Waals surface area contributed by atoms with Crippen molar-refractivity contribution in [2.45, 2.75) is 42.9 Å². The molecule has 1 N–H and O–H groups in total. The maximum Gasteiger partial charge on any atom is 0.230 e. The molecule has 0 spiro atoms. The first kappa shape index (κ1) is 14.9. The van der Waals surface area contributed by atoms with Gasteiger partial charge in [0, 0.05) is 11.1 Å². The van der Waals surface area contributed by atoms with Crippen LogP contribution in [-0.4, -0.2) is 31.4 Å². The van der Waals surface area contributed by atoms with E-state index in [0.29, 0.717) is 11.4 Å². The molecule has 1 saturated heterocycles. The standard InChI is InChI=1S/C15H18ClNO3S/c1-10-13(6-9-21(10,19)20)17-14(18)15(7-8-15)11-2-4-12(16)5-3-11/h2-5,10,13H,6-9H2,1H3,(H,17,18)/t10-,13-/m0/s1. The Morgan fingerprint density at radius 1 is 1.29 bits per heavy atom. The van der Waals surface area contributed by atoms with Crippen LogP contribution in [0.3, 0.4) is 0 Å². The Balaban J connectivity index is 1.75. The Morgan fingerprint density at radius 3 is 2.38 bits per heavy atom. The van der Waals surface area contributed by atoms with Crippen molar-refractivity contribution < 1.29 is 13.2 Å². The van der Waals surface area contributed by atoms with Crippen LogP contribution in [-0.2, 0) is 20.0 Å². The van der Waals surface area contributed by atoms with Gasteiger partial charge >= 0.3 is 0 Å². The lowest BCUT2D eigenvalue weighted by Crippen LogP contribution is -2.45. The van der Waals surface area contributed by atoms with Crippen LogP contribution >= 0.6 is 11.6 Å². The molecule has 0 radical (unpaired) electrons. The van der Waals surface area contributed by atoms with E-state index in [4.69, 9.17) is 11.6 Å². The van der Waals surface area contributed by atoms with Crippen molar-refractivity contribution in [3.8, 4) is 0 Å². The second-order valence-corrected chi connectivity index (χ2v) is 8.94. The number of amides is 1. The van der Waals surface area contributed by atoms with Crippen LogP contribution in [0.2, 0.25) is 5.02 Å². The normalized spacial score (nSPS) is 29.0. The summed E-state index contributed by atoms with van der Waals surface area (Å²) in [6, 6.07) is 7.06. The first-order valence-electron chi connectivity index (χ1n) is 7.14. The maximum atomic E-state index is 12.6. The molecule has 3 rings (SSSR count). The van der Waals surface area contributed by atoms with Gasteiger partial charge in [0.2, 0.25) is 5.91 Å². The Bertz CT molecular complexity index is 665. The van der Waals surface area contributed by atoms with E-state index in [-0.39, 0.29) is 17.7 Å². The minimum atomic E-state index is -3.05. The summed E-state index contributed by atoms with van der Waals surface area (Å²) in [5, 5.41) is 3.10. The molecule has 1 heterocycles. The molecular weight excluding hydrogens is 310 g/mol. The number of benzene rings is 1. The third-order valence-corrected chi connectivity index (χ3v) is 7.26. The van der Waals surface area contributed by atoms with E-state index in [2.05, 4.69) is 5.32 Å². The minimum Gasteiger partial charge on any atom is -0.351 e. The van der Waals surface area contributed by atoms with E-state index in [1.54, 1.807) is 19.1 Å². The van der Waals surface area contributed by atoms with Crippen molar-refractivity contribution in [1.82, 2.24) is 5.32 Å². The highest BCUT2D eigenvalue weighted by Gasteiger charge is 2.52. The smallest absolute Gasteiger partial charge is 0.230 e. The van der Waals surface area contributed by atoms with Gasteiger partial charge < -0.3 is 5.32 Å². The first-order valence-corrected chi connectivity index (χ1v) is 9.23. The zero-order valence-corrected chi connectivity index (χ0v) is 13.4. The van der Waals surface area contributed by atoms with Gasteiger partial charge in [0.1, 0.15) is 0 Å². The molecule has 2 atom stereocenters. The van der Waals surface area contributed by atoms with E-state index < -0.39 is 20.5 Å². The molecule has 0 unspecified atom stereocenters. The summed E-state index contributed by atoms with van der Waals surface area (Å²) >= 11 is 5.88. The molecule has 0 aromatic heterocycles. The summed E-state index contributed by atoms with van der Waals surface area (Å²) < 4.78 is 23.5. The second-order valence-electron chi connectivity index (χ2n) is 6.03. The molecule has 2 aliphatic rings. The van der Waals surface area contributed by atoms with Crippen LogP contribution in [0.25, 0.3) is 0 Å². The van der Waals surface area contributed by atoms with Crippen molar-refractivity contribution in [2.75, 3.05) is 5.75 Å². The summed E-state index contributed by atoms with van der Waals surface area (Å²) in [6.45, 7) is 1.68. The van der Waals surface area contributed by atoms with Crippen molar-refractivity contribution in [1.29, 1.82) is 0 Å². The van der Waals surface area contributed by atoms with Gasteiger partial charge in [-0.25, -0.2) is 8.42 Å². The predicted molar refractivity (Wildman–Crippen MR) is 82.2 cm³/mol. The Morgan fingerprint density at radius 2 is 1.90 bits per heavy atom. The number of halogens is 1. The molecule has 1 amide bonds. The van der Waals surface area contributed by atoms with Gasteiger partial charge in [0.25, 0.3) is 0 Å². The van der Waals surface area contributed by atoms with Crippen molar-refractivity contribution >= 4 is 27.3 Å². The third kappa shape index (κ3) is 2.57. The summed E-state index contributed by atoms with van der Waals surface area (Å²) in [4.78, 5) is 12.6. The van der Waals surface area contributed by atoms with Gasteiger partial charge in [-0.2, -0.15) is 0 Å². The quantitative estimate of drug-likeness (QED) is 0.924. The molecule has 0 bridgehead atoms. The number of carbonyl (C=O) groups excluding carboxylic acids is 1. The van der Waals surface area contributed by atoms with Crippen LogP contribution in [0, 0.1) is 0 Å². The SMILES string of the molecule is C[C@H]1[C@@H](NC(=O)C2(c3ccc(Cl)cc3)CC2)CCS1(=O)=O. The molecule has 1 aliphatic heterocycles. The fraction of sp³-hybridized carbons (Fsp3) is 0.533. The zero-order chi connectivity index (χ0) is 15.3. The molecule has 1 aliphatic carbocycles. The molecule has 4 nitrogen and oxygen atoms in total. The second kappa shape index (κ2) is 4.99. The first-order chi connectivity index (χ1) is 9.85. The number of carbonyl (C=O) groups is 1. The Kier molecular flexibility index (Phi) is 3.53. The zero-order valence-electron chi connectivity index (χ0n) is 11.8. The topological polar surface area (TPSA) is 63.2 Å². The molecular formula is C15H18ClNO3S. The fourth-order valence-electron chi connectivity index (χ4n) is 3.00. The van der Waals surface area contributed by atoms with Crippen LogP contribution in [0.1, 0.15) is 31.7 Å². The highest BCUT2D eigenvalue weighted by molar-refractivity contribution is 7.92. The van der Waals surface area contributed by atoms with Gasteiger partial charge in [0.15, 0.2) is 9.84 Å². The molecule has 1 saturated carbocycles. The summed E-state index contributed by atoms with van der Waals surface area (Å²) in [7, 11) is -3.05. The van der Waals surface area contributed by atoms with Gasteiger partial charge in [-0.05, 0) is 43.9 Å². The lowest BCUT2D eigenvalue weighted by atomic mass is 9.94. The van der Waals surface area contributed by atoms with Crippen LogP contribution in [0.15, 0.2) is 24.3 Å². The largest absolute Gasteiger partial charge is 0.351 e. The van der Waals surface area contributed by atoms with Crippen molar-refractivity contribution in [3.05, 3.63) is 34.9 Å². The van der Waals surface area contributed by atoms with Crippen LogP contribution in [0.4, 0.5) is 0 Å². The summed E-state index contributed by atoms with van der Waals surface area (Å²) in [6.07, 6.45) is 2.11. The Hall–Kier alpha value is -1.07. The molecule has 6 heteroatoms. The van der Waals surface area contributed by atoms with E-state index in [1.165, 1.54) is 0 Å². The summed E-state index contributed by atoms with van der Waals surface area (Å²) in [5.41, 5.74) is 0.467. The van der Waals surface area contributed by atoms with E-state index in [0.717, 1.165) is 18.4 Å². The number of rotatable bonds is 3. The van der Waals surface area contributed by atoms with Gasteiger partial charge in [-0.1, -0.05) is 23.7 Å². The third-order valence-electron chi connectivity index (χ3n) is 4.74. The lowest BCUT2D eigenvalue weighted by molar-refractivity contribution is -0.124. The summed E-state index contributed by atoms with van der Waals surface area (Å²) in [5.74, 6) is 0.103. The molecule has 1 aromatic carbocycles. The molecule has 2 fully saturated rings. The van der Waals surface area contributed by atoms with Gasteiger partial charge in [0.05, 0.1) is 16.4 Å². The van der Waals surface area contributed by atoms with E-state index >= 15 is 0 Å². The average molecular weight is 328 g/mol. The maximum absolute atomic E-state index is 12.6. The number of hydrogen-bond donors (Lipinski definition) is 1. The predicted octanol–water partition coefficient (Wildman–Crippen LogP) is 2.06. The van der Waals surface area contributed by atoms with Crippen LogP contribution in [0.5, 0.6) is 0 Å². The van der Waals surface area contributed by atoms with Gasteiger partial charge in [-0.3, -0.25) is 4.79 Å². The Labute approximate surface area is 129 Å². The number of sulfone groups is 1. The average Bonchev–Trinajstić information content (AvgIpc) is 3.20. The highest BCUT2D eigenvalue weighted by atomic mass is 35.5.